The van der Waals surface area contributed by atoms with Crippen molar-refractivity contribution >= 4 is 23.3 Å². The first-order valence-corrected chi connectivity index (χ1v) is 5.56. The molecule has 0 amide bonds. The molecule has 0 saturated carbocycles. The Kier molecular flexibility index (Phi) is 4.45. The maximum Gasteiger partial charge on any atom is 0.340 e. The number of aliphatic carboxylic acids is 1. The van der Waals surface area contributed by atoms with Crippen LogP contribution >= 0.6 is 11.3 Å². The predicted molar refractivity (Wildman–Crippen MR) is 57.3 cm³/mol. The number of carbonyl (C=O) groups excluding carboxylic acids is 1. The second-order valence-electron chi connectivity index (χ2n) is 3.08. The Bertz CT molecular complexity index is 384. The Morgan fingerprint density at radius 1 is 1.56 bits per heavy atom. The molecule has 0 fully saturated rings. The summed E-state index contributed by atoms with van der Waals surface area (Å²) in [6, 6.07) is 1.50. The van der Waals surface area contributed by atoms with Gasteiger partial charge in [0.1, 0.15) is 0 Å². The van der Waals surface area contributed by atoms with Crippen LogP contribution in [-0.2, 0) is 20.7 Å². The van der Waals surface area contributed by atoms with Crippen LogP contribution in [-0.4, -0.2) is 28.8 Å². The summed E-state index contributed by atoms with van der Waals surface area (Å²) < 4.78 is 4.65. The molecule has 0 aliphatic carbocycles. The monoisotopic (exact) mass is 244 g/mol. The summed E-state index contributed by atoms with van der Waals surface area (Å²) in [4.78, 5) is 22.0. The zero-order valence-corrected chi connectivity index (χ0v) is 9.49. The summed E-state index contributed by atoms with van der Waals surface area (Å²) in [5.41, 5.74) is 0.566. The summed E-state index contributed by atoms with van der Waals surface area (Å²) >= 11 is 1.14. The zero-order chi connectivity index (χ0) is 12.1. The third kappa shape index (κ3) is 3.32. The van der Waals surface area contributed by atoms with E-state index in [0.717, 1.165) is 11.3 Å². The number of carboxylic acids is 1. The first kappa shape index (κ1) is 12.7. The van der Waals surface area contributed by atoms with Crippen molar-refractivity contribution in [3.8, 4) is 0 Å². The summed E-state index contributed by atoms with van der Waals surface area (Å²) in [6.45, 7) is 1.85. The van der Waals surface area contributed by atoms with E-state index < -0.39 is 18.0 Å². The lowest BCUT2D eigenvalue weighted by molar-refractivity contribution is -0.153. The third-order valence-electron chi connectivity index (χ3n) is 1.81. The van der Waals surface area contributed by atoms with Crippen LogP contribution in [0.15, 0.2) is 11.4 Å². The number of aliphatic hydroxyl groups is 1. The normalized spacial score (nSPS) is 12.1. The molecule has 0 radical (unpaired) electrons. The molecule has 1 aromatic heterocycles. The average Bonchev–Trinajstić information content (AvgIpc) is 2.64. The molecule has 0 bridgehead atoms. The molecule has 16 heavy (non-hydrogen) atoms. The van der Waals surface area contributed by atoms with Gasteiger partial charge in [-0.2, -0.15) is 0 Å². The minimum atomic E-state index is -1.33. The van der Waals surface area contributed by atoms with Crippen LogP contribution in [0.1, 0.15) is 23.5 Å². The molecule has 1 heterocycles. The largest absolute Gasteiger partial charge is 0.481 e. The van der Waals surface area contributed by atoms with E-state index >= 15 is 0 Å². The highest BCUT2D eigenvalue weighted by Gasteiger charge is 2.20. The average molecular weight is 244 g/mol. The van der Waals surface area contributed by atoms with Crippen molar-refractivity contribution in [3.63, 3.8) is 0 Å². The zero-order valence-electron chi connectivity index (χ0n) is 8.67. The molecule has 5 nitrogen and oxygen atoms in total. The SMILES string of the molecule is CCOC(=O)C(O)c1cc(CC(=O)O)cs1. The van der Waals surface area contributed by atoms with Gasteiger partial charge in [-0.1, -0.05) is 0 Å². The van der Waals surface area contributed by atoms with Crippen molar-refractivity contribution in [2.45, 2.75) is 19.4 Å². The lowest BCUT2D eigenvalue weighted by atomic mass is 10.2. The number of hydrogen-bond donors (Lipinski definition) is 2. The highest BCUT2D eigenvalue weighted by atomic mass is 32.1. The van der Waals surface area contributed by atoms with E-state index in [4.69, 9.17) is 5.11 Å². The van der Waals surface area contributed by atoms with E-state index in [9.17, 15) is 14.7 Å². The Hall–Kier alpha value is -1.40. The lowest BCUT2D eigenvalue weighted by Gasteiger charge is -2.06. The smallest absolute Gasteiger partial charge is 0.340 e. The molecule has 0 spiro atoms. The summed E-state index contributed by atoms with van der Waals surface area (Å²) in [7, 11) is 0. The summed E-state index contributed by atoms with van der Waals surface area (Å²) in [5.74, 6) is -1.67. The van der Waals surface area contributed by atoms with Gasteiger partial charge in [0.2, 0.25) is 0 Å². The maximum absolute atomic E-state index is 11.2. The van der Waals surface area contributed by atoms with Gasteiger partial charge in [0.15, 0.2) is 6.10 Å². The number of carbonyl (C=O) groups is 2. The van der Waals surface area contributed by atoms with Gasteiger partial charge in [-0.25, -0.2) is 4.79 Å². The first-order chi connectivity index (χ1) is 7.54. The molecule has 1 aromatic rings. The molecular formula is C10H12O5S. The highest BCUT2D eigenvalue weighted by molar-refractivity contribution is 7.10. The highest BCUT2D eigenvalue weighted by Crippen LogP contribution is 2.23. The number of carboxylic acid groups (broad SMARTS) is 1. The van der Waals surface area contributed by atoms with E-state index in [1.807, 2.05) is 0 Å². The predicted octanol–water partition coefficient (Wildman–Crippen LogP) is 0.972. The van der Waals surface area contributed by atoms with E-state index in [0.29, 0.717) is 10.4 Å². The van der Waals surface area contributed by atoms with Gasteiger partial charge < -0.3 is 14.9 Å². The molecule has 1 unspecified atom stereocenters. The van der Waals surface area contributed by atoms with E-state index in [2.05, 4.69) is 4.74 Å². The van der Waals surface area contributed by atoms with Gasteiger partial charge in [-0.15, -0.1) is 11.3 Å². The minimum Gasteiger partial charge on any atom is -0.481 e. The van der Waals surface area contributed by atoms with Crippen molar-refractivity contribution in [3.05, 3.63) is 21.9 Å². The molecule has 0 saturated heterocycles. The van der Waals surface area contributed by atoms with E-state index in [-0.39, 0.29) is 13.0 Å². The van der Waals surface area contributed by atoms with Crippen LogP contribution in [0.4, 0.5) is 0 Å². The number of ether oxygens (including phenoxy) is 1. The fraction of sp³-hybridized carbons (Fsp3) is 0.400. The van der Waals surface area contributed by atoms with Gasteiger partial charge >= 0.3 is 11.9 Å². The first-order valence-electron chi connectivity index (χ1n) is 4.68. The van der Waals surface area contributed by atoms with Crippen LogP contribution in [0.2, 0.25) is 0 Å². The topological polar surface area (TPSA) is 83.8 Å². The number of thiophene rings is 1. The second-order valence-corrected chi connectivity index (χ2v) is 4.03. The van der Waals surface area contributed by atoms with Crippen LogP contribution in [0.25, 0.3) is 0 Å². The molecule has 88 valence electrons. The molecule has 2 N–H and O–H groups in total. The minimum absolute atomic E-state index is 0.119. The lowest BCUT2D eigenvalue weighted by Crippen LogP contribution is -2.14. The van der Waals surface area contributed by atoms with Crippen LogP contribution in [0.5, 0.6) is 0 Å². The van der Waals surface area contributed by atoms with Gasteiger partial charge in [-0.05, 0) is 23.9 Å². The molecule has 1 rings (SSSR count). The Morgan fingerprint density at radius 3 is 2.81 bits per heavy atom. The third-order valence-corrected chi connectivity index (χ3v) is 2.84. The van der Waals surface area contributed by atoms with Gasteiger partial charge in [0.05, 0.1) is 13.0 Å². The van der Waals surface area contributed by atoms with Crippen molar-refractivity contribution < 1.29 is 24.5 Å². The fourth-order valence-electron chi connectivity index (χ4n) is 1.14. The van der Waals surface area contributed by atoms with Crippen LogP contribution in [0.3, 0.4) is 0 Å². The number of esters is 1. The second kappa shape index (κ2) is 5.62. The number of hydrogen-bond acceptors (Lipinski definition) is 5. The van der Waals surface area contributed by atoms with Crippen LogP contribution in [0, 0.1) is 0 Å². The van der Waals surface area contributed by atoms with Gasteiger partial charge in [-0.3, -0.25) is 4.79 Å². The van der Waals surface area contributed by atoms with Crippen molar-refractivity contribution in [2.75, 3.05) is 6.61 Å². The maximum atomic E-state index is 11.2. The molecule has 6 heteroatoms. The Morgan fingerprint density at radius 2 is 2.25 bits per heavy atom. The van der Waals surface area contributed by atoms with Crippen molar-refractivity contribution in [1.29, 1.82) is 0 Å². The molecule has 0 aliphatic rings. The van der Waals surface area contributed by atoms with E-state index in [1.165, 1.54) is 6.07 Å². The van der Waals surface area contributed by atoms with Crippen molar-refractivity contribution in [1.82, 2.24) is 0 Å². The Balaban J connectivity index is 2.69. The van der Waals surface area contributed by atoms with Crippen LogP contribution < -0.4 is 0 Å². The van der Waals surface area contributed by atoms with Gasteiger partial charge in [0, 0.05) is 4.88 Å². The summed E-state index contributed by atoms with van der Waals surface area (Å²) in [6.07, 6.45) is -1.45. The van der Waals surface area contributed by atoms with Gasteiger partial charge in [0.25, 0.3) is 0 Å². The molecule has 0 aliphatic heterocycles. The number of rotatable bonds is 5. The summed E-state index contributed by atoms with van der Waals surface area (Å²) in [5, 5.41) is 19.7. The molecule has 0 aromatic carbocycles. The molecular weight excluding hydrogens is 232 g/mol. The quantitative estimate of drug-likeness (QED) is 0.754. The Labute approximate surface area is 96.3 Å². The molecule has 1 atom stereocenters. The van der Waals surface area contributed by atoms with Crippen molar-refractivity contribution in [2.24, 2.45) is 0 Å². The standard InChI is InChI=1S/C10H12O5S/c1-2-15-10(14)9(13)7-3-6(5-16-7)4-8(11)12/h3,5,9,13H,2,4H2,1H3,(H,11,12). The number of aliphatic hydroxyl groups excluding tert-OH is 1. The van der Waals surface area contributed by atoms with E-state index in [1.54, 1.807) is 12.3 Å². The fourth-order valence-corrected chi connectivity index (χ4v) is 2.03.